The van der Waals surface area contributed by atoms with Gasteiger partial charge < -0.3 is 5.32 Å². The highest BCUT2D eigenvalue weighted by molar-refractivity contribution is 7.92. The fourth-order valence-corrected chi connectivity index (χ4v) is 5.22. The topological polar surface area (TPSA) is 101 Å². The maximum atomic E-state index is 11.8. The number of nitrogens with one attached hydrogen (secondary N) is 1. The van der Waals surface area contributed by atoms with Crippen LogP contribution in [0, 0.1) is 0 Å². The average molecular weight is 340 g/mol. The molecule has 7 nitrogen and oxygen atoms in total. The Hall–Kier alpha value is -0.670. The normalized spacial score (nSPS) is 21.6. The lowest BCUT2D eigenvalue weighted by atomic mass is 10.2. The van der Waals surface area contributed by atoms with Gasteiger partial charge in [0.1, 0.15) is 0 Å². The molecule has 1 rings (SSSR count). The minimum atomic E-state index is -3.62. The molecule has 1 heterocycles. The van der Waals surface area contributed by atoms with Crippen molar-refractivity contribution in [1.82, 2.24) is 9.62 Å². The standard InChI is InChI=1S/C12H24N2O5S2/c1-3-4-5-7-13-12(15)9-14(20(2,16)17)11-6-8-21(18,19)10-11/h11H,3-10H2,1-2H3,(H,13,15). The Morgan fingerprint density at radius 1 is 1.33 bits per heavy atom. The summed E-state index contributed by atoms with van der Waals surface area (Å²) < 4.78 is 47.6. The fraction of sp³-hybridized carbons (Fsp3) is 0.917. The Balaban J connectivity index is 2.62. The number of sulfonamides is 1. The van der Waals surface area contributed by atoms with Crippen molar-refractivity contribution in [2.75, 3.05) is 30.9 Å². The molecule has 1 amide bonds. The first-order chi connectivity index (χ1) is 9.65. The van der Waals surface area contributed by atoms with Gasteiger partial charge in [-0.05, 0) is 12.8 Å². The number of amides is 1. The molecule has 1 aliphatic heterocycles. The molecule has 0 aromatic heterocycles. The highest BCUT2D eigenvalue weighted by Gasteiger charge is 2.37. The Morgan fingerprint density at radius 3 is 2.48 bits per heavy atom. The van der Waals surface area contributed by atoms with Gasteiger partial charge in [-0.2, -0.15) is 4.31 Å². The third-order valence-corrected chi connectivity index (χ3v) is 6.47. The second-order valence-corrected chi connectivity index (χ2v) is 9.59. The lowest BCUT2D eigenvalue weighted by Crippen LogP contribution is -2.46. The first-order valence-corrected chi connectivity index (χ1v) is 10.8. The molecule has 0 aromatic carbocycles. The van der Waals surface area contributed by atoms with Gasteiger partial charge in [-0.1, -0.05) is 19.8 Å². The summed E-state index contributed by atoms with van der Waals surface area (Å²) in [5.41, 5.74) is 0. The summed E-state index contributed by atoms with van der Waals surface area (Å²) in [4.78, 5) is 11.8. The van der Waals surface area contributed by atoms with Crippen LogP contribution in [0.3, 0.4) is 0 Å². The van der Waals surface area contributed by atoms with E-state index in [-0.39, 0.29) is 30.4 Å². The van der Waals surface area contributed by atoms with E-state index < -0.39 is 25.9 Å². The number of carbonyl (C=O) groups is 1. The Bertz CT molecular complexity index is 556. The molecule has 1 fully saturated rings. The molecule has 124 valence electrons. The van der Waals surface area contributed by atoms with E-state index in [0.717, 1.165) is 29.8 Å². The van der Waals surface area contributed by atoms with Gasteiger partial charge in [0.15, 0.2) is 9.84 Å². The maximum absolute atomic E-state index is 11.8. The van der Waals surface area contributed by atoms with E-state index in [0.29, 0.717) is 6.54 Å². The average Bonchev–Trinajstić information content (AvgIpc) is 2.70. The first kappa shape index (κ1) is 18.4. The Kier molecular flexibility index (Phi) is 6.61. The van der Waals surface area contributed by atoms with Crippen molar-refractivity contribution in [2.45, 2.75) is 38.6 Å². The Morgan fingerprint density at radius 2 is 2.00 bits per heavy atom. The molecule has 0 aliphatic carbocycles. The minimum absolute atomic E-state index is 0.0260. The molecule has 1 atom stereocenters. The number of nitrogens with zero attached hydrogens (tertiary/aromatic N) is 1. The van der Waals surface area contributed by atoms with Crippen molar-refractivity contribution in [3.63, 3.8) is 0 Å². The van der Waals surface area contributed by atoms with Gasteiger partial charge in [0.05, 0.1) is 24.3 Å². The van der Waals surface area contributed by atoms with Crippen LogP contribution in [0.5, 0.6) is 0 Å². The van der Waals surface area contributed by atoms with Crippen LogP contribution in [-0.2, 0) is 24.7 Å². The van der Waals surface area contributed by atoms with Crippen molar-refractivity contribution in [3.05, 3.63) is 0 Å². The van der Waals surface area contributed by atoms with E-state index in [1.54, 1.807) is 0 Å². The molecule has 1 saturated heterocycles. The predicted molar refractivity (Wildman–Crippen MR) is 81.1 cm³/mol. The second-order valence-electron chi connectivity index (χ2n) is 5.42. The third kappa shape index (κ3) is 6.31. The zero-order valence-corrected chi connectivity index (χ0v) is 14.2. The molecule has 21 heavy (non-hydrogen) atoms. The summed E-state index contributed by atoms with van der Waals surface area (Å²) in [6, 6.07) is -0.633. The molecule has 0 radical (unpaired) electrons. The van der Waals surface area contributed by atoms with E-state index in [2.05, 4.69) is 5.32 Å². The van der Waals surface area contributed by atoms with Crippen molar-refractivity contribution in [3.8, 4) is 0 Å². The molecule has 1 unspecified atom stereocenters. The zero-order chi connectivity index (χ0) is 16.1. The summed E-state index contributed by atoms with van der Waals surface area (Å²) in [7, 11) is -6.82. The minimum Gasteiger partial charge on any atom is -0.355 e. The highest BCUT2D eigenvalue weighted by atomic mass is 32.2. The van der Waals surface area contributed by atoms with Crippen LogP contribution >= 0.6 is 0 Å². The fourth-order valence-electron chi connectivity index (χ4n) is 2.32. The number of hydrogen-bond donors (Lipinski definition) is 1. The number of unbranched alkanes of at least 4 members (excludes halogenated alkanes) is 2. The largest absolute Gasteiger partial charge is 0.355 e. The first-order valence-electron chi connectivity index (χ1n) is 7.09. The van der Waals surface area contributed by atoms with Crippen molar-refractivity contribution in [2.24, 2.45) is 0 Å². The molecular weight excluding hydrogens is 316 g/mol. The highest BCUT2D eigenvalue weighted by Crippen LogP contribution is 2.19. The molecule has 1 aliphatic rings. The Labute approximate surface area is 127 Å². The van der Waals surface area contributed by atoms with Crippen LogP contribution in [0.2, 0.25) is 0 Å². The third-order valence-electron chi connectivity index (χ3n) is 3.44. The smallest absolute Gasteiger partial charge is 0.235 e. The molecule has 0 spiro atoms. The quantitative estimate of drug-likeness (QED) is 0.614. The van der Waals surface area contributed by atoms with Crippen LogP contribution in [0.15, 0.2) is 0 Å². The van der Waals surface area contributed by atoms with E-state index in [4.69, 9.17) is 0 Å². The number of rotatable bonds is 8. The number of hydrogen-bond acceptors (Lipinski definition) is 5. The van der Waals surface area contributed by atoms with E-state index in [1.807, 2.05) is 6.92 Å². The summed E-state index contributed by atoms with van der Waals surface area (Å²) >= 11 is 0. The lowest BCUT2D eigenvalue weighted by Gasteiger charge is -2.24. The van der Waals surface area contributed by atoms with Crippen molar-refractivity contribution in [1.29, 1.82) is 0 Å². The van der Waals surface area contributed by atoms with E-state index >= 15 is 0 Å². The van der Waals surface area contributed by atoms with Gasteiger partial charge in [-0.15, -0.1) is 0 Å². The molecule has 0 aromatic rings. The van der Waals surface area contributed by atoms with Crippen molar-refractivity contribution >= 4 is 25.8 Å². The van der Waals surface area contributed by atoms with Crippen LogP contribution in [0.25, 0.3) is 0 Å². The van der Waals surface area contributed by atoms with Crippen LogP contribution in [-0.4, -0.2) is 63.9 Å². The SMILES string of the molecule is CCCCCNC(=O)CN(C1CCS(=O)(=O)C1)S(C)(=O)=O. The van der Waals surface area contributed by atoms with Gasteiger partial charge >= 0.3 is 0 Å². The molecule has 0 bridgehead atoms. The second kappa shape index (κ2) is 7.55. The van der Waals surface area contributed by atoms with Crippen molar-refractivity contribution < 1.29 is 21.6 Å². The zero-order valence-electron chi connectivity index (χ0n) is 12.5. The van der Waals surface area contributed by atoms with Gasteiger partial charge in [0, 0.05) is 12.6 Å². The predicted octanol–water partition coefficient (Wildman–Crippen LogP) is -0.258. The van der Waals surface area contributed by atoms with Gasteiger partial charge in [-0.3, -0.25) is 4.79 Å². The molecule has 1 N–H and O–H groups in total. The molecular formula is C12H24N2O5S2. The van der Waals surface area contributed by atoms with Crippen LogP contribution < -0.4 is 5.32 Å². The molecule has 0 saturated carbocycles. The summed E-state index contributed by atoms with van der Waals surface area (Å²) in [5, 5.41) is 2.67. The van der Waals surface area contributed by atoms with Gasteiger partial charge in [-0.25, -0.2) is 16.8 Å². The van der Waals surface area contributed by atoms with E-state index in [1.165, 1.54) is 0 Å². The van der Waals surface area contributed by atoms with Crippen LogP contribution in [0.1, 0.15) is 32.6 Å². The summed E-state index contributed by atoms with van der Waals surface area (Å²) in [5.74, 6) is -0.619. The summed E-state index contributed by atoms with van der Waals surface area (Å²) in [6.45, 7) is 2.24. The number of carbonyl (C=O) groups excluding carboxylic acids is 1. The van der Waals surface area contributed by atoms with Crippen LogP contribution in [0.4, 0.5) is 0 Å². The summed E-state index contributed by atoms with van der Waals surface area (Å²) in [6.07, 6.45) is 4.13. The van der Waals surface area contributed by atoms with Gasteiger partial charge in [0.25, 0.3) is 0 Å². The maximum Gasteiger partial charge on any atom is 0.235 e. The lowest BCUT2D eigenvalue weighted by molar-refractivity contribution is -0.121. The van der Waals surface area contributed by atoms with E-state index in [9.17, 15) is 21.6 Å². The number of sulfone groups is 1. The monoisotopic (exact) mass is 340 g/mol. The van der Waals surface area contributed by atoms with Gasteiger partial charge in [0.2, 0.25) is 15.9 Å². The molecule has 9 heteroatoms.